The Kier molecular flexibility index (Phi) is 37.2. The largest absolute Gasteiger partial charge is 0.462 e. The quantitative estimate of drug-likeness (QED) is 0.0421. The molecule has 0 bridgehead atoms. The first-order valence-electron chi connectivity index (χ1n) is 19.4. The highest BCUT2D eigenvalue weighted by atomic mass is 16.6. The lowest BCUT2D eigenvalue weighted by atomic mass is 10.1. The lowest BCUT2D eigenvalue weighted by Gasteiger charge is -2.15. The van der Waals surface area contributed by atoms with E-state index in [-0.39, 0.29) is 25.6 Å². The third-order valence-corrected chi connectivity index (χ3v) is 7.56. The van der Waals surface area contributed by atoms with Gasteiger partial charge in [-0.2, -0.15) is 0 Å². The highest BCUT2D eigenvalue weighted by Gasteiger charge is 2.15. The van der Waals surface area contributed by atoms with E-state index in [1.165, 1.54) is 25.7 Å². The van der Waals surface area contributed by atoms with Crippen molar-refractivity contribution < 1.29 is 24.2 Å². The Morgan fingerprint density at radius 3 is 1.36 bits per heavy atom. The second kappa shape index (κ2) is 40.0. The summed E-state index contributed by atoms with van der Waals surface area (Å²) in [5, 5.41) is 9.54. The Bertz CT molecular complexity index is 1050. The molecule has 0 fully saturated rings. The number of hydrogen-bond acceptors (Lipinski definition) is 5. The van der Waals surface area contributed by atoms with Gasteiger partial charge < -0.3 is 14.6 Å². The van der Waals surface area contributed by atoms with Crippen LogP contribution in [0, 0.1) is 0 Å². The number of esters is 2. The van der Waals surface area contributed by atoms with Crippen LogP contribution in [0.4, 0.5) is 0 Å². The zero-order chi connectivity index (χ0) is 36.4. The zero-order valence-corrected chi connectivity index (χ0v) is 31.6. The summed E-state index contributed by atoms with van der Waals surface area (Å²) in [4.78, 5) is 24.2. The van der Waals surface area contributed by atoms with E-state index in [1.807, 2.05) is 12.2 Å². The van der Waals surface area contributed by atoms with Gasteiger partial charge in [-0.1, -0.05) is 149 Å². The highest BCUT2D eigenvalue weighted by molar-refractivity contribution is 5.70. The average Bonchev–Trinajstić information content (AvgIpc) is 3.12. The molecule has 0 aliphatic heterocycles. The zero-order valence-electron chi connectivity index (χ0n) is 31.6. The molecule has 0 aromatic heterocycles. The fraction of sp³-hybridized carbons (Fsp3) is 0.556. The smallest absolute Gasteiger partial charge is 0.306 e. The van der Waals surface area contributed by atoms with Crippen LogP contribution in [0.25, 0.3) is 0 Å². The van der Waals surface area contributed by atoms with Gasteiger partial charge in [0.2, 0.25) is 0 Å². The van der Waals surface area contributed by atoms with Crippen LogP contribution in [0.3, 0.4) is 0 Å². The number of carbonyl (C=O) groups excluding carboxylic acids is 2. The van der Waals surface area contributed by atoms with E-state index in [2.05, 4.69) is 111 Å². The summed E-state index contributed by atoms with van der Waals surface area (Å²) < 4.78 is 10.5. The molecule has 0 spiro atoms. The fourth-order valence-electron chi connectivity index (χ4n) is 4.64. The Labute approximate surface area is 306 Å². The predicted molar refractivity (Wildman–Crippen MR) is 214 cm³/mol. The van der Waals surface area contributed by atoms with Gasteiger partial charge in [0, 0.05) is 12.8 Å². The van der Waals surface area contributed by atoms with E-state index in [0.29, 0.717) is 12.8 Å². The summed E-state index contributed by atoms with van der Waals surface area (Å²) in [5.41, 5.74) is 0. The lowest BCUT2D eigenvalue weighted by molar-refractivity contribution is -0.161. The standard InChI is InChI=1S/C45H70O5/c1-3-5-7-9-11-13-15-17-19-21-22-24-26-28-30-32-34-36-38-40-45(48)50-43(41-46)42-49-44(47)39-37-35-33-31-29-27-25-23-20-18-16-14-12-10-8-6-4-2/h6,8,11-14,17-20,22,24-25,27-28,30,34,36,43,46H,3-5,7,9-10,15-16,21,23,26,29,31-33,35,37-42H2,1-2H3. The number of rotatable bonds is 33. The molecule has 0 amide bonds. The van der Waals surface area contributed by atoms with Crippen LogP contribution in [0.2, 0.25) is 0 Å². The van der Waals surface area contributed by atoms with Crippen molar-refractivity contribution >= 4 is 11.9 Å². The van der Waals surface area contributed by atoms with Crippen LogP contribution in [0.5, 0.6) is 0 Å². The molecule has 5 nitrogen and oxygen atoms in total. The molecule has 5 heteroatoms. The molecule has 280 valence electrons. The van der Waals surface area contributed by atoms with Gasteiger partial charge in [0.05, 0.1) is 6.61 Å². The molecule has 50 heavy (non-hydrogen) atoms. The molecule has 0 aliphatic rings. The van der Waals surface area contributed by atoms with Crippen LogP contribution >= 0.6 is 0 Å². The molecule has 0 saturated heterocycles. The Morgan fingerprint density at radius 2 is 0.900 bits per heavy atom. The van der Waals surface area contributed by atoms with Gasteiger partial charge in [-0.25, -0.2) is 0 Å². The van der Waals surface area contributed by atoms with Gasteiger partial charge >= 0.3 is 11.9 Å². The topological polar surface area (TPSA) is 72.8 Å². The molecule has 1 unspecified atom stereocenters. The average molecular weight is 691 g/mol. The van der Waals surface area contributed by atoms with Gasteiger partial charge in [0.15, 0.2) is 6.10 Å². The normalized spacial score (nSPS) is 13.4. The van der Waals surface area contributed by atoms with Crippen molar-refractivity contribution in [3.05, 3.63) is 109 Å². The van der Waals surface area contributed by atoms with Crippen molar-refractivity contribution in [3.8, 4) is 0 Å². The van der Waals surface area contributed by atoms with Crippen LogP contribution in [-0.2, 0) is 19.1 Å². The Balaban J connectivity index is 3.78. The Hall–Kier alpha value is -3.44. The minimum atomic E-state index is -0.829. The third kappa shape index (κ3) is 37.4. The molecule has 0 heterocycles. The minimum absolute atomic E-state index is 0.116. The molecule has 0 aromatic rings. The molecule has 1 atom stereocenters. The van der Waals surface area contributed by atoms with Crippen LogP contribution in [-0.4, -0.2) is 36.4 Å². The van der Waals surface area contributed by atoms with Crippen molar-refractivity contribution in [2.45, 2.75) is 148 Å². The van der Waals surface area contributed by atoms with Crippen molar-refractivity contribution in [1.29, 1.82) is 0 Å². The SMILES string of the molecule is CCC=CCC=CCC=CCC=CCCCCCCC(=O)OCC(CO)OC(=O)CCC=CCC=CCC=CCC=CCC=CCCCCC. The van der Waals surface area contributed by atoms with Crippen molar-refractivity contribution in [1.82, 2.24) is 0 Å². The summed E-state index contributed by atoms with van der Waals surface area (Å²) >= 11 is 0. The number of hydrogen-bond donors (Lipinski definition) is 1. The first-order chi connectivity index (χ1) is 24.6. The monoisotopic (exact) mass is 691 g/mol. The summed E-state index contributed by atoms with van der Waals surface area (Å²) in [5.74, 6) is -0.728. The molecule has 0 aromatic carbocycles. The van der Waals surface area contributed by atoms with Gasteiger partial charge in [-0.3, -0.25) is 9.59 Å². The number of unbranched alkanes of at least 4 members (excludes halogenated alkanes) is 7. The summed E-state index contributed by atoms with van der Waals surface area (Å²) in [6, 6.07) is 0. The molecular weight excluding hydrogens is 620 g/mol. The number of carbonyl (C=O) groups is 2. The second-order valence-corrected chi connectivity index (χ2v) is 12.3. The molecule has 0 rings (SSSR count). The van der Waals surface area contributed by atoms with E-state index in [1.54, 1.807) is 0 Å². The number of allylic oxidation sites excluding steroid dienone is 18. The fourth-order valence-corrected chi connectivity index (χ4v) is 4.64. The number of ether oxygens (including phenoxy) is 2. The Morgan fingerprint density at radius 1 is 0.480 bits per heavy atom. The third-order valence-electron chi connectivity index (χ3n) is 7.56. The van der Waals surface area contributed by atoms with E-state index in [4.69, 9.17) is 9.47 Å². The van der Waals surface area contributed by atoms with Gasteiger partial charge in [0.1, 0.15) is 6.61 Å². The van der Waals surface area contributed by atoms with Crippen molar-refractivity contribution in [2.75, 3.05) is 13.2 Å². The first-order valence-corrected chi connectivity index (χ1v) is 19.4. The van der Waals surface area contributed by atoms with Crippen LogP contribution in [0.1, 0.15) is 142 Å². The predicted octanol–water partition coefficient (Wildman–Crippen LogP) is 12.3. The maximum absolute atomic E-state index is 12.1. The van der Waals surface area contributed by atoms with E-state index in [9.17, 15) is 14.7 Å². The maximum Gasteiger partial charge on any atom is 0.306 e. The molecule has 0 aliphatic carbocycles. The van der Waals surface area contributed by atoms with Crippen LogP contribution in [0.15, 0.2) is 109 Å². The second-order valence-electron chi connectivity index (χ2n) is 12.3. The lowest BCUT2D eigenvalue weighted by Crippen LogP contribution is -2.28. The van der Waals surface area contributed by atoms with Gasteiger partial charge in [0.25, 0.3) is 0 Å². The molecule has 0 radical (unpaired) electrons. The summed E-state index contributed by atoms with van der Waals surface area (Å²) in [6.07, 6.45) is 57.2. The van der Waals surface area contributed by atoms with Gasteiger partial charge in [-0.05, 0) is 89.9 Å². The highest BCUT2D eigenvalue weighted by Crippen LogP contribution is 2.08. The van der Waals surface area contributed by atoms with Gasteiger partial charge in [-0.15, -0.1) is 0 Å². The maximum atomic E-state index is 12.1. The van der Waals surface area contributed by atoms with Crippen molar-refractivity contribution in [3.63, 3.8) is 0 Å². The van der Waals surface area contributed by atoms with Crippen LogP contribution < -0.4 is 0 Å². The number of aliphatic hydroxyl groups excluding tert-OH is 1. The van der Waals surface area contributed by atoms with E-state index in [0.717, 1.165) is 83.5 Å². The van der Waals surface area contributed by atoms with E-state index < -0.39 is 12.1 Å². The minimum Gasteiger partial charge on any atom is -0.462 e. The molecule has 0 saturated carbocycles. The summed E-state index contributed by atoms with van der Waals surface area (Å²) in [6.45, 7) is 3.88. The first kappa shape index (κ1) is 46.6. The van der Waals surface area contributed by atoms with E-state index >= 15 is 0 Å². The van der Waals surface area contributed by atoms with Crippen molar-refractivity contribution in [2.24, 2.45) is 0 Å². The summed E-state index contributed by atoms with van der Waals surface area (Å²) in [7, 11) is 0. The molecular formula is C45H70O5. The molecule has 1 N–H and O–H groups in total. The number of aliphatic hydroxyl groups is 1.